The molecule has 0 amide bonds. The minimum Gasteiger partial charge on any atom is -0.493 e. The fourth-order valence-corrected chi connectivity index (χ4v) is 3.66. The van der Waals surface area contributed by atoms with Crippen molar-refractivity contribution in [2.45, 2.75) is 13.3 Å². The number of carbonyl (C=O) groups excluding carboxylic acids is 2. The molecule has 0 saturated heterocycles. The molecule has 0 radical (unpaired) electrons. The molecule has 5 nitrogen and oxygen atoms in total. The van der Waals surface area contributed by atoms with Crippen molar-refractivity contribution < 1.29 is 23.8 Å². The highest BCUT2D eigenvalue weighted by molar-refractivity contribution is 6.00. The standard InChI is InChI=1S/C25H22O5/c1-3-29-23-11-10-19(14-24(23)28-2)25(27)30-15-22(26)18-9-8-17-12-16-6-4-5-7-20(16)21(17)13-18/h4-11,13-14H,3,12,15H2,1-2H3. The number of Topliss-reactive ketones (excluding diaryl/α,β-unsaturated/α-hetero) is 1. The van der Waals surface area contributed by atoms with E-state index in [1.165, 1.54) is 18.2 Å². The molecule has 0 unspecified atom stereocenters. The number of rotatable bonds is 7. The molecule has 0 fully saturated rings. The number of hydrogen-bond acceptors (Lipinski definition) is 5. The summed E-state index contributed by atoms with van der Waals surface area (Å²) in [5, 5.41) is 0. The van der Waals surface area contributed by atoms with E-state index in [0.29, 0.717) is 29.2 Å². The lowest BCUT2D eigenvalue weighted by molar-refractivity contribution is 0.0474. The molecule has 0 atom stereocenters. The molecule has 152 valence electrons. The highest BCUT2D eigenvalue weighted by atomic mass is 16.5. The van der Waals surface area contributed by atoms with Gasteiger partial charge >= 0.3 is 5.97 Å². The SMILES string of the molecule is CCOc1ccc(C(=O)OCC(=O)c2ccc3c(c2)-c2ccccc2C3)cc1OC. The van der Waals surface area contributed by atoms with Gasteiger partial charge in [0.1, 0.15) is 0 Å². The maximum Gasteiger partial charge on any atom is 0.338 e. The largest absolute Gasteiger partial charge is 0.493 e. The first-order valence-electron chi connectivity index (χ1n) is 9.83. The lowest BCUT2D eigenvalue weighted by Gasteiger charge is -2.11. The van der Waals surface area contributed by atoms with Crippen molar-refractivity contribution in [1.29, 1.82) is 0 Å². The van der Waals surface area contributed by atoms with Crippen LogP contribution in [0.1, 0.15) is 38.8 Å². The van der Waals surface area contributed by atoms with Crippen molar-refractivity contribution in [3.63, 3.8) is 0 Å². The van der Waals surface area contributed by atoms with E-state index in [0.717, 1.165) is 17.5 Å². The Labute approximate surface area is 175 Å². The lowest BCUT2D eigenvalue weighted by Crippen LogP contribution is -2.14. The Kier molecular flexibility index (Phi) is 5.53. The van der Waals surface area contributed by atoms with Crippen LogP contribution in [0.15, 0.2) is 60.7 Å². The number of benzene rings is 3. The van der Waals surface area contributed by atoms with Gasteiger partial charge in [0.2, 0.25) is 0 Å². The quantitative estimate of drug-likeness (QED) is 0.331. The highest BCUT2D eigenvalue weighted by Crippen LogP contribution is 2.37. The van der Waals surface area contributed by atoms with E-state index < -0.39 is 5.97 Å². The second-order valence-electron chi connectivity index (χ2n) is 7.00. The molecule has 4 rings (SSSR count). The minimum absolute atomic E-state index is 0.242. The topological polar surface area (TPSA) is 61.8 Å². The van der Waals surface area contributed by atoms with E-state index in [1.807, 2.05) is 31.2 Å². The summed E-state index contributed by atoms with van der Waals surface area (Å²) in [6.45, 7) is 2.03. The Bertz CT molecular complexity index is 1120. The molecule has 0 N–H and O–H groups in total. The van der Waals surface area contributed by atoms with Crippen molar-refractivity contribution >= 4 is 11.8 Å². The monoisotopic (exact) mass is 402 g/mol. The van der Waals surface area contributed by atoms with Gasteiger partial charge in [-0.3, -0.25) is 4.79 Å². The summed E-state index contributed by atoms with van der Waals surface area (Å²) >= 11 is 0. The van der Waals surface area contributed by atoms with Gasteiger partial charge < -0.3 is 14.2 Å². The summed E-state index contributed by atoms with van der Waals surface area (Å²) in [4.78, 5) is 25.0. The van der Waals surface area contributed by atoms with E-state index in [-0.39, 0.29) is 12.4 Å². The Morgan fingerprint density at radius 3 is 2.43 bits per heavy atom. The normalized spacial score (nSPS) is 11.4. The van der Waals surface area contributed by atoms with Crippen LogP contribution in [-0.2, 0) is 11.2 Å². The van der Waals surface area contributed by atoms with Gasteiger partial charge in [-0.15, -0.1) is 0 Å². The second kappa shape index (κ2) is 8.41. The zero-order valence-electron chi connectivity index (χ0n) is 16.9. The summed E-state index contributed by atoms with van der Waals surface area (Å²) in [6.07, 6.45) is 0.870. The van der Waals surface area contributed by atoms with E-state index in [4.69, 9.17) is 14.2 Å². The number of carbonyl (C=O) groups is 2. The molecule has 5 heteroatoms. The van der Waals surface area contributed by atoms with E-state index >= 15 is 0 Å². The number of ether oxygens (including phenoxy) is 3. The molecule has 0 spiro atoms. The van der Waals surface area contributed by atoms with Crippen LogP contribution in [0.3, 0.4) is 0 Å². The van der Waals surface area contributed by atoms with Crippen molar-refractivity contribution in [3.05, 3.63) is 82.9 Å². The van der Waals surface area contributed by atoms with Crippen molar-refractivity contribution in [2.24, 2.45) is 0 Å². The molecule has 0 saturated carbocycles. The van der Waals surface area contributed by atoms with E-state index in [2.05, 4.69) is 12.1 Å². The summed E-state index contributed by atoms with van der Waals surface area (Å²) in [6, 6.07) is 18.6. The third-order valence-corrected chi connectivity index (χ3v) is 5.15. The molecular formula is C25H22O5. The summed E-state index contributed by atoms with van der Waals surface area (Å²) < 4.78 is 16.0. The summed E-state index contributed by atoms with van der Waals surface area (Å²) in [5.74, 6) is 0.158. The van der Waals surface area contributed by atoms with Crippen molar-refractivity contribution in [2.75, 3.05) is 20.3 Å². The maximum absolute atomic E-state index is 12.6. The molecule has 3 aromatic rings. The molecule has 1 aliphatic carbocycles. The number of methoxy groups -OCH3 is 1. The molecular weight excluding hydrogens is 380 g/mol. The number of esters is 1. The van der Waals surface area contributed by atoms with Crippen LogP contribution < -0.4 is 9.47 Å². The van der Waals surface area contributed by atoms with Crippen LogP contribution in [0, 0.1) is 0 Å². The third-order valence-electron chi connectivity index (χ3n) is 5.15. The average molecular weight is 402 g/mol. The Hall–Kier alpha value is -3.60. The first-order chi connectivity index (χ1) is 14.6. The third kappa shape index (κ3) is 3.79. The van der Waals surface area contributed by atoms with E-state index in [1.54, 1.807) is 24.3 Å². The second-order valence-corrected chi connectivity index (χ2v) is 7.00. The summed E-state index contributed by atoms with van der Waals surface area (Å²) in [5.41, 5.74) is 5.51. The summed E-state index contributed by atoms with van der Waals surface area (Å²) in [7, 11) is 1.50. The fraction of sp³-hybridized carbons (Fsp3) is 0.200. The average Bonchev–Trinajstić information content (AvgIpc) is 3.15. The maximum atomic E-state index is 12.6. The van der Waals surface area contributed by atoms with Gasteiger partial charge in [-0.05, 0) is 59.9 Å². The van der Waals surface area contributed by atoms with Crippen molar-refractivity contribution in [3.8, 4) is 22.6 Å². The Morgan fingerprint density at radius 2 is 1.63 bits per heavy atom. The Morgan fingerprint density at radius 1 is 0.867 bits per heavy atom. The molecule has 1 aliphatic rings. The van der Waals surface area contributed by atoms with Gasteiger partial charge in [0, 0.05) is 5.56 Å². The van der Waals surface area contributed by atoms with Crippen LogP contribution in [0.2, 0.25) is 0 Å². The molecule has 0 aliphatic heterocycles. The zero-order valence-corrected chi connectivity index (χ0v) is 16.9. The van der Waals surface area contributed by atoms with Crippen LogP contribution in [0.4, 0.5) is 0 Å². The Balaban J connectivity index is 1.45. The smallest absolute Gasteiger partial charge is 0.338 e. The van der Waals surface area contributed by atoms with Gasteiger partial charge in [-0.1, -0.05) is 36.4 Å². The number of ketones is 1. The number of fused-ring (bicyclic) bond motifs is 3. The molecule has 0 heterocycles. The van der Waals surface area contributed by atoms with Crippen molar-refractivity contribution in [1.82, 2.24) is 0 Å². The van der Waals surface area contributed by atoms with Gasteiger partial charge in [0.25, 0.3) is 0 Å². The highest BCUT2D eigenvalue weighted by Gasteiger charge is 2.20. The van der Waals surface area contributed by atoms with Gasteiger partial charge in [-0.2, -0.15) is 0 Å². The van der Waals surface area contributed by atoms with E-state index in [9.17, 15) is 9.59 Å². The molecule has 3 aromatic carbocycles. The molecule has 0 bridgehead atoms. The predicted octanol–water partition coefficient (Wildman–Crippen LogP) is 4.70. The first-order valence-corrected chi connectivity index (χ1v) is 9.83. The van der Waals surface area contributed by atoms with Crippen LogP contribution in [0.5, 0.6) is 11.5 Å². The minimum atomic E-state index is -0.587. The number of hydrogen-bond donors (Lipinski definition) is 0. The van der Waals surface area contributed by atoms with Crippen LogP contribution in [-0.4, -0.2) is 32.1 Å². The molecule has 0 aromatic heterocycles. The van der Waals surface area contributed by atoms with Crippen LogP contribution >= 0.6 is 0 Å². The fourth-order valence-electron chi connectivity index (χ4n) is 3.66. The van der Waals surface area contributed by atoms with Crippen LogP contribution in [0.25, 0.3) is 11.1 Å². The van der Waals surface area contributed by atoms with Gasteiger partial charge in [0.15, 0.2) is 23.9 Å². The lowest BCUT2D eigenvalue weighted by atomic mass is 10.0. The first kappa shape index (κ1) is 19.7. The van der Waals surface area contributed by atoms with Gasteiger partial charge in [-0.25, -0.2) is 4.79 Å². The molecule has 30 heavy (non-hydrogen) atoms. The van der Waals surface area contributed by atoms with Gasteiger partial charge in [0.05, 0.1) is 19.3 Å². The zero-order chi connectivity index (χ0) is 21.1. The predicted molar refractivity (Wildman–Crippen MR) is 113 cm³/mol.